The third-order valence-electron chi connectivity index (χ3n) is 9.70. The first-order valence-electron chi connectivity index (χ1n) is 11.2. The quantitative estimate of drug-likeness (QED) is 0.709. The van der Waals surface area contributed by atoms with Crippen molar-refractivity contribution in [2.75, 3.05) is 20.3 Å². The van der Waals surface area contributed by atoms with Gasteiger partial charge in [0.1, 0.15) is 11.9 Å². The predicted octanol–water partition coefficient (Wildman–Crippen LogP) is 2.36. The minimum Gasteiger partial charge on any atom is -0.462 e. The molecule has 5 aliphatic rings. The van der Waals surface area contributed by atoms with Gasteiger partial charge < -0.3 is 19.3 Å². The molecular formula is C23H34O6. The fraction of sp³-hybridized carbons (Fsp3) is 0.913. The number of hydrogen-bond acceptors (Lipinski definition) is 6. The summed E-state index contributed by atoms with van der Waals surface area (Å²) in [6, 6.07) is 0. The minimum atomic E-state index is -1.01. The summed E-state index contributed by atoms with van der Waals surface area (Å²) < 4.78 is 18.1. The number of aliphatic hydroxyl groups excluding tert-OH is 1. The lowest BCUT2D eigenvalue weighted by molar-refractivity contribution is -0.298. The molecule has 4 aliphatic carbocycles. The summed E-state index contributed by atoms with van der Waals surface area (Å²) in [5.41, 5.74) is -1.23. The van der Waals surface area contributed by atoms with E-state index in [1.165, 1.54) is 6.92 Å². The SMILES string of the molecule is CO[C@H]1C[C@@H]2[C@@]3(C)CCC[C@@]2(COC3)[C@@H]2[C@@H](OC(C)=O)C[C@@H]3[C@@H](O)[C@]12C(=O)[C@@H]3C. The van der Waals surface area contributed by atoms with Gasteiger partial charge in [0.2, 0.25) is 0 Å². The van der Waals surface area contributed by atoms with Crippen molar-refractivity contribution in [3.63, 3.8) is 0 Å². The molecule has 5 rings (SSSR count). The molecule has 29 heavy (non-hydrogen) atoms. The number of ether oxygens (including phenoxy) is 3. The van der Waals surface area contributed by atoms with E-state index in [-0.39, 0.29) is 52.5 Å². The number of Topliss-reactive ketones (excluding diaryl/α,β-unsaturated/α-hetero) is 1. The summed E-state index contributed by atoms with van der Waals surface area (Å²) in [7, 11) is 1.67. The molecule has 1 heterocycles. The third-order valence-corrected chi connectivity index (χ3v) is 9.70. The molecule has 6 heteroatoms. The smallest absolute Gasteiger partial charge is 0.302 e. The van der Waals surface area contributed by atoms with Crippen LogP contribution in [0.5, 0.6) is 0 Å². The van der Waals surface area contributed by atoms with E-state index in [0.29, 0.717) is 18.9 Å². The summed E-state index contributed by atoms with van der Waals surface area (Å²) in [6.07, 6.45) is 2.96. The monoisotopic (exact) mass is 406 g/mol. The topological polar surface area (TPSA) is 82.1 Å². The highest BCUT2D eigenvalue weighted by Crippen LogP contribution is 2.73. The van der Waals surface area contributed by atoms with Gasteiger partial charge in [0, 0.05) is 31.3 Å². The van der Waals surface area contributed by atoms with E-state index in [4.69, 9.17) is 14.2 Å². The van der Waals surface area contributed by atoms with E-state index in [1.54, 1.807) is 7.11 Å². The van der Waals surface area contributed by atoms with E-state index < -0.39 is 11.5 Å². The Hall–Kier alpha value is -0.980. The van der Waals surface area contributed by atoms with Crippen LogP contribution >= 0.6 is 0 Å². The highest BCUT2D eigenvalue weighted by atomic mass is 16.5. The van der Waals surface area contributed by atoms with E-state index in [0.717, 1.165) is 32.3 Å². The van der Waals surface area contributed by atoms with Crippen LogP contribution in [0, 0.1) is 39.9 Å². The summed E-state index contributed by atoms with van der Waals surface area (Å²) in [5, 5.41) is 11.6. The number of ketones is 1. The van der Waals surface area contributed by atoms with Gasteiger partial charge in [-0.2, -0.15) is 0 Å². The standard InChI is InChI=1S/C23H34O6/c1-12-14-8-15(29-13(2)24)18-22-7-5-6-21(3,10-28-11-22)16(22)9-17(27-4)23(18,19(12)25)20(14)26/h12,14-18,20,26H,5-11H2,1-4H3/t12-,14+,15+,16-,17+,18+,20-,21+,22+,23-/m1/s1. The first kappa shape index (κ1) is 20.0. The van der Waals surface area contributed by atoms with Gasteiger partial charge in [-0.15, -0.1) is 0 Å². The van der Waals surface area contributed by atoms with Crippen molar-refractivity contribution in [3.05, 3.63) is 0 Å². The summed E-state index contributed by atoms with van der Waals surface area (Å²) in [6.45, 7) is 6.98. The molecule has 1 aliphatic heterocycles. The molecule has 10 atom stereocenters. The molecule has 0 unspecified atom stereocenters. The summed E-state index contributed by atoms with van der Waals surface area (Å²) in [5.74, 6) is -0.572. The van der Waals surface area contributed by atoms with Crippen molar-refractivity contribution in [1.82, 2.24) is 0 Å². The second-order valence-corrected chi connectivity index (χ2v) is 10.8. The molecule has 0 radical (unpaired) electrons. The average Bonchev–Trinajstić information content (AvgIpc) is 2.77. The van der Waals surface area contributed by atoms with Crippen LogP contribution in [0.3, 0.4) is 0 Å². The van der Waals surface area contributed by atoms with Crippen LogP contribution in [0.4, 0.5) is 0 Å². The van der Waals surface area contributed by atoms with Gasteiger partial charge in [-0.3, -0.25) is 9.59 Å². The Kier molecular flexibility index (Phi) is 4.31. The van der Waals surface area contributed by atoms with Gasteiger partial charge in [-0.1, -0.05) is 20.3 Å². The number of esters is 1. The van der Waals surface area contributed by atoms with Gasteiger partial charge in [-0.25, -0.2) is 0 Å². The van der Waals surface area contributed by atoms with E-state index in [1.807, 2.05) is 6.92 Å². The summed E-state index contributed by atoms with van der Waals surface area (Å²) in [4.78, 5) is 25.9. The van der Waals surface area contributed by atoms with Crippen LogP contribution in [0.1, 0.15) is 52.9 Å². The van der Waals surface area contributed by atoms with Gasteiger partial charge >= 0.3 is 5.97 Å². The van der Waals surface area contributed by atoms with Gasteiger partial charge in [0.15, 0.2) is 0 Å². The second-order valence-electron chi connectivity index (χ2n) is 10.8. The van der Waals surface area contributed by atoms with Crippen molar-refractivity contribution in [2.45, 2.75) is 71.2 Å². The van der Waals surface area contributed by atoms with E-state index in [9.17, 15) is 14.7 Å². The van der Waals surface area contributed by atoms with Crippen LogP contribution < -0.4 is 0 Å². The largest absolute Gasteiger partial charge is 0.462 e. The molecule has 1 spiro atoms. The van der Waals surface area contributed by atoms with Crippen LogP contribution in [-0.4, -0.2) is 55.5 Å². The number of aliphatic hydroxyl groups is 1. The predicted molar refractivity (Wildman–Crippen MR) is 104 cm³/mol. The molecule has 1 saturated heterocycles. The maximum atomic E-state index is 13.8. The van der Waals surface area contributed by atoms with Crippen LogP contribution in [0.15, 0.2) is 0 Å². The van der Waals surface area contributed by atoms with Crippen molar-refractivity contribution < 1.29 is 28.9 Å². The van der Waals surface area contributed by atoms with Gasteiger partial charge in [0.25, 0.3) is 0 Å². The Labute approximate surface area is 172 Å². The molecule has 0 amide bonds. The van der Waals surface area contributed by atoms with Crippen molar-refractivity contribution >= 4 is 11.8 Å². The highest BCUT2D eigenvalue weighted by Gasteiger charge is 2.79. The molecule has 0 aromatic carbocycles. The Morgan fingerprint density at radius 3 is 2.69 bits per heavy atom. The lowest BCUT2D eigenvalue weighted by Crippen LogP contribution is -2.74. The summed E-state index contributed by atoms with van der Waals surface area (Å²) >= 11 is 0. The van der Waals surface area contributed by atoms with E-state index >= 15 is 0 Å². The zero-order valence-electron chi connectivity index (χ0n) is 18.0. The van der Waals surface area contributed by atoms with Crippen molar-refractivity contribution in [3.8, 4) is 0 Å². The molecule has 6 nitrogen and oxygen atoms in total. The molecule has 0 aromatic rings. The highest BCUT2D eigenvalue weighted by molar-refractivity contribution is 5.92. The molecular weight excluding hydrogens is 372 g/mol. The molecule has 4 saturated carbocycles. The number of rotatable bonds is 2. The fourth-order valence-corrected chi connectivity index (χ4v) is 8.83. The first-order chi connectivity index (χ1) is 13.7. The minimum absolute atomic E-state index is 0.0325. The molecule has 4 bridgehead atoms. The maximum absolute atomic E-state index is 13.8. The van der Waals surface area contributed by atoms with Crippen molar-refractivity contribution in [1.29, 1.82) is 0 Å². The maximum Gasteiger partial charge on any atom is 0.302 e. The van der Waals surface area contributed by atoms with E-state index in [2.05, 4.69) is 6.92 Å². The third kappa shape index (κ3) is 2.23. The zero-order valence-corrected chi connectivity index (χ0v) is 18.0. The Morgan fingerprint density at radius 1 is 1.24 bits per heavy atom. The van der Waals surface area contributed by atoms with Gasteiger partial charge in [-0.05, 0) is 42.9 Å². The molecule has 0 aromatic heterocycles. The number of fused-ring (bicyclic) bond motifs is 1. The fourth-order valence-electron chi connectivity index (χ4n) is 8.83. The lowest BCUT2D eigenvalue weighted by atomic mass is 9.38. The van der Waals surface area contributed by atoms with Crippen LogP contribution in [0.25, 0.3) is 0 Å². The number of hydrogen-bond donors (Lipinski definition) is 1. The zero-order chi connectivity index (χ0) is 20.8. The first-order valence-corrected chi connectivity index (χ1v) is 11.2. The second kappa shape index (κ2) is 6.27. The Balaban J connectivity index is 1.74. The number of methoxy groups -OCH3 is 1. The lowest BCUT2D eigenvalue weighted by Gasteiger charge is -2.69. The normalized spacial score (nSPS) is 55.8. The number of carbonyl (C=O) groups is 2. The molecule has 1 N–H and O–H groups in total. The Bertz CT molecular complexity index is 723. The number of carbonyl (C=O) groups excluding carboxylic acids is 2. The van der Waals surface area contributed by atoms with Crippen LogP contribution in [-0.2, 0) is 23.8 Å². The molecule has 162 valence electrons. The Morgan fingerprint density at radius 2 is 2.00 bits per heavy atom. The van der Waals surface area contributed by atoms with Crippen molar-refractivity contribution in [2.24, 2.45) is 39.9 Å². The van der Waals surface area contributed by atoms with Gasteiger partial charge in [0.05, 0.1) is 30.8 Å². The average molecular weight is 407 g/mol. The molecule has 5 fully saturated rings. The van der Waals surface area contributed by atoms with Crippen LogP contribution in [0.2, 0.25) is 0 Å².